The van der Waals surface area contributed by atoms with Gasteiger partial charge in [-0.1, -0.05) is 39.8 Å². The lowest BCUT2D eigenvalue weighted by atomic mass is 9.77. The van der Waals surface area contributed by atoms with Crippen molar-refractivity contribution in [3.63, 3.8) is 0 Å². The van der Waals surface area contributed by atoms with E-state index in [-0.39, 0.29) is 6.10 Å². The van der Waals surface area contributed by atoms with Gasteiger partial charge in [0.2, 0.25) is 0 Å². The Balaban J connectivity index is 2.02. The third-order valence-corrected chi connectivity index (χ3v) is 4.98. The molecule has 0 aromatic heterocycles. The third-order valence-electron chi connectivity index (χ3n) is 4.98. The molecule has 0 aliphatic carbocycles. The first kappa shape index (κ1) is 16.4. The van der Waals surface area contributed by atoms with E-state index in [1.54, 1.807) is 0 Å². The van der Waals surface area contributed by atoms with Crippen LogP contribution in [0.15, 0.2) is 24.3 Å². The van der Waals surface area contributed by atoms with Crippen LogP contribution in [0.25, 0.3) is 0 Å². The molecule has 2 atom stereocenters. The first-order valence-corrected chi connectivity index (χ1v) is 8.44. The molecule has 1 fully saturated rings. The van der Waals surface area contributed by atoms with Gasteiger partial charge in [-0.25, -0.2) is 0 Å². The highest BCUT2D eigenvalue weighted by molar-refractivity contribution is 5.48. The van der Waals surface area contributed by atoms with Crippen LogP contribution in [0, 0.1) is 11.3 Å². The molecule has 1 N–H and O–H groups in total. The first-order valence-electron chi connectivity index (χ1n) is 8.44. The van der Waals surface area contributed by atoms with Crippen molar-refractivity contribution in [2.75, 3.05) is 18.0 Å². The van der Waals surface area contributed by atoms with Gasteiger partial charge in [-0.15, -0.1) is 0 Å². The standard InChI is InChI=1S/C19H31NO/c1-5-18(21)15-8-10-17(11-9-15)20-13-6-7-16(12-14-20)19(2,3)4/h8-11,16,18,21H,5-7,12-14H2,1-4H3. The van der Waals surface area contributed by atoms with E-state index in [4.69, 9.17) is 0 Å². The monoisotopic (exact) mass is 289 g/mol. The Hall–Kier alpha value is -1.02. The molecule has 21 heavy (non-hydrogen) atoms. The Bertz CT molecular complexity index is 432. The highest BCUT2D eigenvalue weighted by Crippen LogP contribution is 2.35. The quantitative estimate of drug-likeness (QED) is 0.865. The van der Waals surface area contributed by atoms with Crippen molar-refractivity contribution in [1.29, 1.82) is 0 Å². The summed E-state index contributed by atoms with van der Waals surface area (Å²) in [6.07, 6.45) is 4.35. The van der Waals surface area contributed by atoms with Gasteiger partial charge in [0.1, 0.15) is 0 Å². The molecule has 1 aromatic rings. The number of hydrogen-bond donors (Lipinski definition) is 1. The van der Waals surface area contributed by atoms with E-state index in [1.165, 1.54) is 24.9 Å². The number of benzene rings is 1. The van der Waals surface area contributed by atoms with Gasteiger partial charge in [0.25, 0.3) is 0 Å². The lowest BCUT2D eigenvalue weighted by molar-refractivity contribution is 0.173. The summed E-state index contributed by atoms with van der Waals surface area (Å²) in [5.41, 5.74) is 2.76. The second kappa shape index (κ2) is 6.83. The SMILES string of the molecule is CCC(O)c1ccc(N2CCCC(C(C)(C)C)CC2)cc1. The van der Waals surface area contributed by atoms with Crippen molar-refractivity contribution < 1.29 is 5.11 Å². The minimum atomic E-state index is -0.326. The molecule has 1 aromatic carbocycles. The second-order valence-corrected chi connectivity index (χ2v) is 7.50. The maximum absolute atomic E-state index is 9.89. The van der Waals surface area contributed by atoms with Crippen molar-refractivity contribution in [2.45, 2.75) is 59.5 Å². The maximum atomic E-state index is 9.89. The summed E-state index contributed by atoms with van der Waals surface area (Å²) in [6, 6.07) is 8.50. The van der Waals surface area contributed by atoms with Crippen LogP contribution >= 0.6 is 0 Å². The van der Waals surface area contributed by atoms with Crippen molar-refractivity contribution in [1.82, 2.24) is 0 Å². The molecule has 1 aliphatic heterocycles. The lowest BCUT2D eigenvalue weighted by Gasteiger charge is -2.30. The molecule has 1 heterocycles. The smallest absolute Gasteiger partial charge is 0.0787 e. The number of rotatable bonds is 3. The van der Waals surface area contributed by atoms with Gasteiger partial charge < -0.3 is 10.0 Å². The zero-order chi connectivity index (χ0) is 15.5. The Kier molecular flexibility index (Phi) is 5.32. The Morgan fingerprint density at radius 3 is 2.38 bits per heavy atom. The van der Waals surface area contributed by atoms with E-state index >= 15 is 0 Å². The average molecular weight is 289 g/mol. The summed E-state index contributed by atoms with van der Waals surface area (Å²) in [6.45, 7) is 11.4. The summed E-state index contributed by atoms with van der Waals surface area (Å²) in [4.78, 5) is 2.51. The zero-order valence-electron chi connectivity index (χ0n) is 14.1. The fourth-order valence-corrected chi connectivity index (χ4v) is 3.36. The van der Waals surface area contributed by atoms with Crippen LogP contribution in [0.3, 0.4) is 0 Å². The van der Waals surface area contributed by atoms with Crippen LogP contribution in [-0.4, -0.2) is 18.2 Å². The lowest BCUT2D eigenvalue weighted by Crippen LogP contribution is -2.26. The van der Waals surface area contributed by atoms with Crippen molar-refractivity contribution in [3.05, 3.63) is 29.8 Å². The summed E-state index contributed by atoms with van der Waals surface area (Å²) in [5, 5.41) is 9.89. The van der Waals surface area contributed by atoms with Crippen molar-refractivity contribution in [2.24, 2.45) is 11.3 Å². The molecule has 0 spiro atoms. The fraction of sp³-hybridized carbons (Fsp3) is 0.684. The fourth-order valence-electron chi connectivity index (χ4n) is 3.36. The molecule has 0 saturated carbocycles. The van der Waals surface area contributed by atoms with E-state index < -0.39 is 0 Å². The average Bonchev–Trinajstić information content (AvgIpc) is 2.72. The van der Waals surface area contributed by atoms with Gasteiger partial charge in [0.05, 0.1) is 6.10 Å². The van der Waals surface area contributed by atoms with Crippen LogP contribution in [0.5, 0.6) is 0 Å². The highest BCUT2D eigenvalue weighted by atomic mass is 16.3. The van der Waals surface area contributed by atoms with Crippen LogP contribution in [-0.2, 0) is 0 Å². The van der Waals surface area contributed by atoms with Gasteiger partial charge in [0, 0.05) is 18.8 Å². The number of nitrogens with zero attached hydrogens (tertiary/aromatic N) is 1. The van der Waals surface area contributed by atoms with Crippen LogP contribution < -0.4 is 4.90 Å². The summed E-state index contributed by atoms with van der Waals surface area (Å²) in [7, 11) is 0. The normalized spacial score (nSPS) is 22.0. The molecule has 118 valence electrons. The van der Waals surface area contributed by atoms with E-state index in [1.807, 2.05) is 6.92 Å². The van der Waals surface area contributed by atoms with Crippen LogP contribution in [0.4, 0.5) is 5.69 Å². The number of anilines is 1. The molecule has 1 aliphatic rings. The molecule has 2 heteroatoms. The van der Waals surface area contributed by atoms with Gasteiger partial charge in [-0.05, 0) is 54.7 Å². The molecule has 1 saturated heterocycles. The minimum Gasteiger partial charge on any atom is -0.388 e. The molecule has 2 nitrogen and oxygen atoms in total. The maximum Gasteiger partial charge on any atom is 0.0787 e. The summed E-state index contributed by atoms with van der Waals surface area (Å²) in [5.74, 6) is 0.823. The van der Waals surface area contributed by atoms with Gasteiger partial charge in [0.15, 0.2) is 0 Å². The van der Waals surface area contributed by atoms with Crippen LogP contribution in [0.1, 0.15) is 65.0 Å². The molecule has 0 bridgehead atoms. The number of aliphatic hydroxyl groups excluding tert-OH is 1. The number of aliphatic hydroxyl groups is 1. The Morgan fingerprint density at radius 1 is 1.14 bits per heavy atom. The molecule has 0 amide bonds. The predicted molar refractivity (Wildman–Crippen MR) is 90.7 cm³/mol. The molecule has 0 radical (unpaired) electrons. The van der Waals surface area contributed by atoms with Crippen molar-refractivity contribution in [3.8, 4) is 0 Å². The van der Waals surface area contributed by atoms with Crippen LogP contribution in [0.2, 0.25) is 0 Å². The van der Waals surface area contributed by atoms with E-state index in [9.17, 15) is 5.11 Å². The molecule has 2 rings (SSSR count). The number of hydrogen-bond acceptors (Lipinski definition) is 2. The van der Waals surface area contributed by atoms with E-state index in [0.29, 0.717) is 5.41 Å². The minimum absolute atomic E-state index is 0.326. The van der Waals surface area contributed by atoms with Gasteiger partial charge >= 0.3 is 0 Å². The molecule has 2 unspecified atom stereocenters. The molecular formula is C19H31NO. The summed E-state index contributed by atoms with van der Waals surface area (Å²) < 4.78 is 0. The Morgan fingerprint density at radius 2 is 1.81 bits per heavy atom. The van der Waals surface area contributed by atoms with Gasteiger partial charge in [-0.3, -0.25) is 0 Å². The summed E-state index contributed by atoms with van der Waals surface area (Å²) >= 11 is 0. The largest absolute Gasteiger partial charge is 0.388 e. The van der Waals surface area contributed by atoms with Crippen molar-refractivity contribution >= 4 is 5.69 Å². The predicted octanol–water partition coefficient (Wildman–Crippen LogP) is 4.78. The van der Waals surface area contributed by atoms with E-state index in [0.717, 1.165) is 31.0 Å². The first-order chi connectivity index (χ1) is 9.91. The topological polar surface area (TPSA) is 23.5 Å². The van der Waals surface area contributed by atoms with Gasteiger partial charge in [-0.2, -0.15) is 0 Å². The van der Waals surface area contributed by atoms with E-state index in [2.05, 4.69) is 49.9 Å². The third kappa shape index (κ3) is 4.23. The Labute approximate surface area is 130 Å². The molecular weight excluding hydrogens is 258 g/mol. The second-order valence-electron chi connectivity index (χ2n) is 7.50. The highest BCUT2D eigenvalue weighted by Gasteiger charge is 2.27. The zero-order valence-corrected chi connectivity index (χ0v) is 14.1.